The van der Waals surface area contributed by atoms with E-state index in [1.165, 1.54) is 12.1 Å². The highest BCUT2D eigenvalue weighted by atomic mass is 79.9. The highest BCUT2D eigenvalue weighted by Crippen LogP contribution is 2.17. The van der Waals surface area contributed by atoms with E-state index in [9.17, 15) is 4.39 Å². The number of benzene rings is 1. The predicted octanol–water partition coefficient (Wildman–Crippen LogP) is 2.98. The van der Waals surface area contributed by atoms with Crippen LogP contribution in [-0.4, -0.2) is 9.97 Å². The molecule has 0 atom stereocenters. The van der Waals surface area contributed by atoms with Gasteiger partial charge in [-0.1, -0.05) is 22.0 Å². The number of aromatic nitrogens is 2. The zero-order chi connectivity index (χ0) is 13.0. The van der Waals surface area contributed by atoms with Crippen molar-refractivity contribution < 1.29 is 4.39 Å². The van der Waals surface area contributed by atoms with Gasteiger partial charge in [0, 0.05) is 23.8 Å². The summed E-state index contributed by atoms with van der Waals surface area (Å²) < 4.78 is 13.7. The average Bonchev–Trinajstić information content (AvgIpc) is 2.32. The molecule has 0 saturated carbocycles. The van der Waals surface area contributed by atoms with E-state index in [2.05, 4.69) is 31.2 Å². The van der Waals surface area contributed by atoms with E-state index in [0.717, 1.165) is 21.6 Å². The topological polar surface area (TPSA) is 37.8 Å². The summed E-state index contributed by atoms with van der Waals surface area (Å²) in [7, 11) is 0. The summed E-state index contributed by atoms with van der Waals surface area (Å²) in [4.78, 5) is 8.34. The number of nitrogens with one attached hydrogen (secondary N) is 1. The third-order valence-electron chi connectivity index (χ3n) is 2.47. The van der Waals surface area contributed by atoms with Gasteiger partial charge in [-0.3, -0.25) is 0 Å². The smallest absolute Gasteiger partial charge is 0.125 e. The first-order valence-electron chi connectivity index (χ1n) is 5.58. The monoisotopic (exact) mass is 309 g/mol. The van der Waals surface area contributed by atoms with Crippen LogP contribution in [0.5, 0.6) is 0 Å². The zero-order valence-electron chi connectivity index (χ0n) is 9.95. The SMILES string of the molecule is Cc1nccc(CNCc2ccc(F)cc2Br)n1. The molecular formula is C13H13BrFN3. The molecule has 1 aromatic heterocycles. The number of hydrogen-bond acceptors (Lipinski definition) is 3. The zero-order valence-corrected chi connectivity index (χ0v) is 11.5. The van der Waals surface area contributed by atoms with Crippen molar-refractivity contribution >= 4 is 15.9 Å². The molecule has 0 amide bonds. The second kappa shape index (κ2) is 6.02. The molecule has 3 nitrogen and oxygen atoms in total. The van der Waals surface area contributed by atoms with E-state index in [-0.39, 0.29) is 5.82 Å². The van der Waals surface area contributed by atoms with Gasteiger partial charge in [-0.15, -0.1) is 0 Å². The van der Waals surface area contributed by atoms with Crippen molar-refractivity contribution in [3.05, 3.63) is 57.8 Å². The molecule has 0 bridgehead atoms. The maximum Gasteiger partial charge on any atom is 0.125 e. The Morgan fingerprint density at radius 1 is 1.28 bits per heavy atom. The molecule has 0 aliphatic carbocycles. The second-order valence-corrected chi connectivity index (χ2v) is 4.79. The van der Waals surface area contributed by atoms with Gasteiger partial charge < -0.3 is 5.32 Å². The van der Waals surface area contributed by atoms with Crippen molar-refractivity contribution in [1.82, 2.24) is 15.3 Å². The fourth-order valence-electron chi connectivity index (χ4n) is 1.59. The number of aryl methyl sites for hydroxylation is 1. The van der Waals surface area contributed by atoms with Gasteiger partial charge in [-0.25, -0.2) is 14.4 Å². The lowest BCUT2D eigenvalue weighted by atomic mass is 10.2. The van der Waals surface area contributed by atoms with Crippen molar-refractivity contribution in [3.8, 4) is 0 Å². The van der Waals surface area contributed by atoms with Crippen LogP contribution in [0.4, 0.5) is 4.39 Å². The highest BCUT2D eigenvalue weighted by Gasteiger charge is 2.01. The van der Waals surface area contributed by atoms with E-state index in [0.29, 0.717) is 13.1 Å². The fraction of sp³-hybridized carbons (Fsp3) is 0.231. The summed E-state index contributed by atoms with van der Waals surface area (Å²) in [5.74, 6) is 0.523. The van der Waals surface area contributed by atoms with Gasteiger partial charge in [0.15, 0.2) is 0 Å². The molecule has 0 spiro atoms. The first kappa shape index (κ1) is 13.1. The molecule has 5 heteroatoms. The van der Waals surface area contributed by atoms with Crippen LogP contribution < -0.4 is 5.32 Å². The highest BCUT2D eigenvalue weighted by molar-refractivity contribution is 9.10. The summed E-state index contributed by atoms with van der Waals surface area (Å²) in [6.45, 7) is 3.18. The molecule has 18 heavy (non-hydrogen) atoms. The van der Waals surface area contributed by atoms with Crippen LogP contribution in [0.3, 0.4) is 0 Å². The normalized spacial score (nSPS) is 10.6. The third-order valence-corrected chi connectivity index (χ3v) is 3.21. The van der Waals surface area contributed by atoms with Gasteiger partial charge in [0.25, 0.3) is 0 Å². The van der Waals surface area contributed by atoms with Gasteiger partial charge in [-0.05, 0) is 30.7 Å². The van der Waals surface area contributed by atoms with Crippen molar-refractivity contribution in [2.75, 3.05) is 0 Å². The molecule has 94 valence electrons. The maximum absolute atomic E-state index is 12.9. The molecule has 0 saturated heterocycles. The van der Waals surface area contributed by atoms with Crippen LogP contribution in [0.25, 0.3) is 0 Å². The van der Waals surface area contributed by atoms with Crippen molar-refractivity contribution in [2.24, 2.45) is 0 Å². The van der Waals surface area contributed by atoms with Crippen molar-refractivity contribution in [3.63, 3.8) is 0 Å². The molecule has 0 aliphatic rings. The summed E-state index contributed by atoms with van der Waals surface area (Å²) in [5, 5.41) is 3.26. The van der Waals surface area contributed by atoms with Crippen molar-refractivity contribution in [1.29, 1.82) is 0 Å². The Morgan fingerprint density at radius 3 is 2.83 bits per heavy atom. The van der Waals surface area contributed by atoms with Crippen molar-refractivity contribution in [2.45, 2.75) is 20.0 Å². The molecule has 2 aromatic rings. The molecule has 1 N–H and O–H groups in total. The first-order valence-corrected chi connectivity index (χ1v) is 6.37. The van der Waals surface area contributed by atoms with Crippen LogP contribution in [0, 0.1) is 12.7 Å². The first-order chi connectivity index (χ1) is 8.65. The van der Waals surface area contributed by atoms with Gasteiger partial charge >= 0.3 is 0 Å². The van der Waals surface area contributed by atoms with E-state index in [1.807, 2.05) is 13.0 Å². The second-order valence-electron chi connectivity index (χ2n) is 3.93. The quantitative estimate of drug-likeness (QED) is 0.943. The van der Waals surface area contributed by atoms with E-state index in [1.54, 1.807) is 12.3 Å². The number of rotatable bonds is 4. The Labute approximate surface area is 114 Å². The number of halogens is 2. The lowest BCUT2D eigenvalue weighted by Gasteiger charge is -2.07. The number of hydrogen-bond donors (Lipinski definition) is 1. The minimum absolute atomic E-state index is 0.239. The molecule has 0 aliphatic heterocycles. The molecule has 0 radical (unpaired) electrons. The number of nitrogens with zero attached hydrogens (tertiary/aromatic N) is 2. The van der Waals surface area contributed by atoms with Gasteiger partial charge in [0.2, 0.25) is 0 Å². The third kappa shape index (κ3) is 3.58. The Kier molecular flexibility index (Phi) is 4.38. The predicted molar refractivity (Wildman–Crippen MR) is 71.4 cm³/mol. The molecule has 1 aromatic carbocycles. The summed E-state index contributed by atoms with van der Waals surface area (Å²) in [5.41, 5.74) is 1.96. The van der Waals surface area contributed by atoms with Crippen LogP contribution in [0.2, 0.25) is 0 Å². The van der Waals surface area contributed by atoms with E-state index < -0.39 is 0 Å². The minimum atomic E-state index is -0.239. The van der Waals surface area contributed by atoms with Gasteiger partial charge in [0.05, 0.1) is 5.69 Å². The largest absolute Gasteiger partial charge is 0.307 e. The summed E-state index contributed by atoms with van der Waals surface area (Å²) in [6, 6.07) is 6.56. The fourth-order valence-corrected chi connectivity index (χ4v) is 2.08. The minimum Gasteiger partial charge on any atom is -0.307 e. The lowest BCUT2D eigenvalue weighted by Crippen LogP contribution is -2.14. The summed E-state index contributed by atoms with van der Waals surface area (Å²) >= 11 is 3.34. The molecule has 2 rings (SSSR count). The molecule has 0 fully saturated rings. The summed E-state index contributed by atoms with van der Waals surface area (Å²) in [6.07, 6.45) is 1.74. The van der Waals surface area contributed by atoms with Crippen LogP contribution in [-0.2, 0) is 13.1 Å². The standard InChI is InChI=1S/C13H13BrFN3/c1-9-17-5-4-12(18-9)8-16-7-10-2-3-11(15)6-13(10)14/h2-6,16H,7-8H2,1H3. The average molecular weight is 310 g/mol. The molecular weight excluding hydrogens is 297 g/mol. The Hall–Kier alpha value is -1.33. The molecule has 1 heterocycles. The Balaban J connectivity index is 1.92. The van der Waals surface area contributed by atoms with Gasteiger partial charge in [-0.2, -0.15) is 0 Å². The maximum atomic E-state index is 12.9. The van der Waals surface area contributed by atoms with Crippen LogP contribution in [0.15, 0.2) is 34.9 Å². The van der Waals surface area contributed by atoms with Crippen LogP contribution in [0.1, 0.15) is 17.1 Å². The Bertz CT molecular complexity index is 546. The molecule has 0 unspecified atom stereocenters. The van der Waals surface area contributed by atoms with E-state index >= 15 is 0 Å². The lowest BCUT2D eigenvalue weighted by molar-refractivity contribution is 0.622. The van der Waals surface area contributed by atoms with Gasteiger partial charge in [0.1, 0.15) is 11.6 Å². The Morgan fingerprint density at radius 2 is 2.11 bits per heavy atom. The van der Waals surface area contributed by atoms with E-state index in [4.69, 9.17) is 0 Å². The van der Waals surface area contributed by atoms with Crippen LogP contribution >= 0.6 is 15.9 Å².